The zero-order chi connectivity index (χ0) is 11.7. The molecule has 0 spiro atoms. The van der Waals surface area contributed by atoms with Crippen LogP contribution in [0.5, 0.6) is 0 Å². The first-order valence-corrected chi connectivity index (χ1v) is 5.71. The van der Waals surface area contributed by atoms with Crippen LogP contribution in [0, 0.1) is 5.82 Å². The van der Waals surface area contributed by atoms with Gasteiger partial charge in [0.1, 0.15) is 5.82 Å². The van der Waals surface area contributed by atoms with E-state index in [2.05, 4.69) is 20.4 Å². The summed E-state index contributed by atoms with van der Waals surface area (Å²) in [6.45, 7) is 1.90. The van der Waals surface area contributed by atoms with Crippen LogP contribution in [0.15, 0.2) is 16.8 Å². The Labute approximate surface area is 97.4 Å². The molecule has 0 saturated carbocycles. The van der Waals surface area contributed by atoms with Crippen molar-refractivity contribution in [3.05, 3.63) is 24.0 Å². The van der Waals surface area contributed by atoms with Gasteiger partial charge in [0, 0.05) is 18.8 Å². The lowest BCUT2D eigenvalue weighted by Gasteiger charge is -2.18. The smallest absolute Gasteiger partial charge is 0.231 e. The van der Waals surface area contributed by atoms with Crippen molar-refractivity contribution in [1.29, 1.82) is 0 Å². The maximum absolute atomic E-state index is 12.8. The van der Waals surface area contributed by atoms with E-state index < -0.39 is 0 Å². The highest BCUT2D eigenvalue weighted by Crippen LogP contribution is 2.24. The molecule has 0 aromatic carbocycles. The zero-order valence-electron chi connectivity index (χ0n) is 9.24. The van der Waals surface area contributed by atoms with Gasteiger partial charge in [-0.2, -0.15) is 4.98 Å². The fraction of sp³-hybridized carbons (Fsp3) is 0.455. The first-order chi connectivity index (χ1) is 8.33. The molecule has 1 fully saturated rings. The van der Waals surface area contributed by atoms with Gasteiger partial charge in [0.15, 0.2) is 0 Å². The van der Waals surface area contributed by atoms with Crippen molar-refractivity contribution in [3.8, 4) is 11.5 Å². The van der Waals surface area contributed by atoms with Crippen molar-refractivity contribution < 1.29 is 8.91 Å². The normalized spacial score (nSPS) is 20.6. The van der Waals surface area contributed by atoms with Crippen LogP contribution in [0.25, 0.3) is 11.5 Å². The summed E-state index contributed by atoms with van der Waals surface area (Å²) in [4.78, 5) is 7.06. The van der Waals surface area contributed by atoms with Crippen LogP contribution in [0.1, 0.15) is 24.7 Å². The molecule has 1 aliphatic rings. The van der Waals surface area contributed by atoms with Gasteiger partial charge in [-0.15, -0.1) is 0 Å². The minimum absolute atomic E-state index is 0.268. The lowest BCUT2D eigenvalue weighted by molar-refractivity contribution is 0.322. The molecule has 5 nitrogen and oxygen atoms in total. The van der Waals surface area contributed by atoms with Crippen LogP contribution in [-0.2, 0) is 0 Å². The zero-order valence-corrected chi connectivity index (χ0v) is 9.24. The SMILES string of the molecule is Fc1c[nH]c(-c2noc(C3CCCNC3)n2)c1. The number of nitrogens with one attached hydrogen (secondary N) is 2. The van der Waals surface area contributed by atoms with Crippen molar-refractivity contribution in [2.45, 2.75) is 18.8 Å². The second-order valence-corrected chi connectivity index (χ2v) is 4.23. The molecule has 1 unspecified atom stereocenters. The molecular weight excluding hydrogens is 223 g/mol. The summed E-state index contributed by atoms with van der Waals surface area (Å²) in [5, 5.41) is 7.15. The molecule has 2 aromatic heterocycles. The molecule has 0 radical (unpaired) electrons. The first kappa shape index (κ1) is 10.5. The Morgan fingerprint density at radius 2 is 2.41 bits per heavy atom. The molecule has 2 aromatic rings. The van der Waals surface area contributed by atoms with Gasteiger partial charge in [-0.25, -0.2) is 4.39 Å². The number of halogens is 1. The summed E-state index contributed by atoms with van der Waals surface area (Å²) in [6.07, 6.45) is 3.43. The number of hydrogen-bond donors (Lipinski definition) is 2. The molecule has 90 valence electrons. The monoisotopic (exact) mass is 236 g/mol. The highest BCUT2D eigenvalue weighted by Gasteiger charge is 2.22. The summed E-state index contributed by atoms with van der Waals surface area (Å²) >= 11 is 0. The molecule has 2 N–H and O–H groups in total. The predicted molar refractivity (Wildman–Crippen MR) is 58.9 cm³/mol. The molecule has 1 aliphatic heterocycles. The van der Waals surface area contributed by atoms with Crippen molar-refractivity contribution >= 4 is 0 Å². The summed E-state index contributed by atoms with van der Waals surface area (Å²) in [7, 11) is 0. The fourth-order valence-corrected chi connectivity index (χ4v) is 2.07. The molecule has 1 saturated heterocycles. The van der Waals surface area contributed by atoms with Gasteiger partial charge in [0.2, 0.25) is 11.7 Å². The Morgan fingerprint density at radius 1 is 1.47 bits per heavy atom. The van der Waals surface area contributed by atoms with Crippen molar-refractivity contribution in [3.63, 3.8) is 0 Å². The van der Waals surface area contributed by atoms with E-state index in [1.54, 1.807) is 0 Å². The molecule has 3 heterocycles. The third-order valence-electron chi connectivity index (χ3n) is 2.98. The van der Waals surface area contributed by atoms with Gasteiger partial charge in [-0.3, -0.25) is 0 Å². The summed E-state index contributed by atoms with van der Waals surface area (Å²) < 4.78 is 18.1. The molecule has 1 atom stereocenters. The summed E-state index contributed by atoms with van der Waals surface area (Å²) in [5.74, 6) is 0.979. The summed E-state index contributed by atoms with van der Waals surface area (Å²) in [6, 6.07) is 1.35. The Morgan fingerprint density at radius 3 is 3.12 bits per heavy atom. The molecule has 0 amide bonds. The Balaban J connectivity index is 1.82. The third kappa shape index (κ3) is 2.08. The van der Waals surface area contributed by atoms with Gasteiger partial charge in [0.25, 0.3) is 0 Å². The Bertz CT molecular complexity index is 501. The van der Waals surface area contributed by atoms with E-state index in [4.69, 9.17) is 4.52 Å². The number of aromatic amines is 1. The maximum Gasteiger partial charge on any atom is 0.231 e. The van der Waals surface area contributed by atoms with Gasteiger partial charge in [-0.05, 0) is 19.4 Å². The number of nitrogens with zero attached hydrogens (tertiary/aromatic N) is 2. The van der Waals surface area contributed by atoms with Gasteiger partial charge < -0.3 is 14.8 Å². The van der Waals surface area contributed by atoms with E-state index in [0.717, 1.165) is 25.9 Å². The predicted octanol–water partition coefficient (Wildman–Crippen LogP) is 1.67. The lowest BCUT2D eigenvalue weighted by Crippen LogP contribution is -2.28. The van der Waals surface area contributed by atoms with Crippen molar-refractivity contribution in [1.82, 2.24) is 20.4 Å². The Kier molecular flexibility index (Phi) is 2.64. The quantitative estimate of drug-likeness (QED) is 0.832. The molecule has 0 bridgehead atoms. The number of aromatic nitrogens is 3. The van der Waals surface area contributed by atoms with E-state index in [9.17, 15) is 4.39 Å². The molecule has 0 aliphatic carbocycles. The molecule has 6 heteroatoms. The van der Waals surface area contributed by atoms with Gasteiger partial charge >= 0.3 is 0 Å². The van der Waals surface area contributed by atoms with Crippen LogP contribution in [-0.4, -0.2) is 28.2 Å². The van der Waals surface area contributed by atoms with E-state index >= 15 is 0 Å². The minimum Gasteiger partial charge on any atom is -0.356 e. The number of H-pyrrole nitrogens is 1. The fourth-order valence-electron chi connectivity index (χ4n) is 2.07. The standard InChI is InChI=1S/C11H13FN4O/c12-8-4-9(14-6-8)10-15-11(17-16-10)7-2-1-3-13-5-7/h4,6-7,13-14H,1-3,5H2. The minimum atomic E-state index is -0.328. The average molecular weight is 236 g/mol. The first-order valence-electron chi connectivity index (χ1n) is 5.71. The molecule has 3 rings (SSSR count). The third-order valence-corrected chi connectivity index (χ3v) is 2.98. The van der Waals surface area contributed by atoms with Crippen molar-refractivity contribution in [2.24, 2.45) is 0 Å². The van der Waals surface area contributed by atoms with Crippen LogP contribution in [0.2, 0.25) is 0 Å². The lowest BCUT2D eigenvalue weighted by atomic mass is 10.00. The topological polar surface area (TPSA) is 66.7 Å². The van der Waals surface area contributed by atoms with Crippen LogP contribution < -0.4 is 5.32 Å². The maximum atomic E-state index is 12.8. The molecule has 17 heavy (non-hydrogen) atoms. The highest BCUT2D eigenvalue weighted by molar-refractivity contribution is 5.48. The van der Waals surface area contributed by atoms with Crippen LogP contribution >= 0.6 is 0 Å². The van der Waals surface area contributed by atoms with Gasteiger partial charge in [-0.1, -0.05) is 5.16 Å². The van der Waals surface area contributed by atoms with Gasteiger partial charge in [0.05, 0.1) is 11.6 Å². The number of piperidine rings is 1. The average Bonchev–Trinajstić information content (AvgIpc) is 2.98. The van der Waals surface area contributed by atoms with Crippen LogP contribution in [0.3, 0.4) is 0 Å². The van der Waals surface area contributed by atoms with E-state index in [1.165, 1.54) is 12.3 Å². The van der Waals surface area contributed by atoms with Crippen molar-refractivity contribution in [2.75, 3.05) is 13.1 Å². The second kappa shape index (κ2) is 4.29. The number of rotatable bonds is 2. The molecular formula is C11H13FN4O. The van der Waals surface area contributed by atoms with Crippen LogP contribution in [0.4, 0.5) is 4.39 Å². The van der Waals surface area contributed by atoms with E-state index in [1.807, 2.05) is 0 Å². The highest BCUT2D eigenvalue weighted by atomic mass is 19.1. The van der Waals surface area contributed by atoms with E-state index in [-0.39, 0.29) is 11.7 Å². The Hall–Kier alpha value is -1.69. The van der Waals surface area contributed by atoms with E-state index in [0.29, 0.717) is 17.4 Å². The number of hydrogen-bond acceptors (Lipinski definition) is 4. The second-order valence-electron chi connectivity index (χ2n) is 4.23. The summed E-state index contributed by atoms with van der Waals surface area (Å²) in [5.41, 5.74) is 0.543. The largest absolute Gasteiger partial charge is 0.356 e.